The molecule has 0 fully saturated rings. The summed E-state index contributed by atoms with van der Waals surface area (Å²) in [6, 6.07) is -0.129. The Morgan fingerprint density at radius 1 is 1.38 bits per heavy atom. The van der Waals surface area contributed by atoms with E-state index in [0.717, 1.165) is 0 Å². The van der Waals surface area contributed by atoms with Crippen molar-refractivity contribution in [2.45, 2.75) is 45.0 Å². The van der Waals surface area contributed by atoms with Crippen LogP contribution >= 0.6 is 0 Å². The van der Waals surface area contributed by atoms with E-state index in [-0.39, 0.29) is 24.4 Å². The molecule has 16 heavy (non-hydrogen) atoms. The molecule has 0 saturated carbocycles. The van der Waals surface area contributed by atoms with Gasteiger partial charge in [-0.25, -0.2) is 0 Å². The van der Waals surface area contributed by atoms with Crippen LogP contribution in [0.25, 0.3) is 0 Å². The lowest BCUT2D eigenvalue weighted by Crippen LogP contribution is -2.15. The average molecular weight is 234 g/mol. The molecule has 0 spiro atoms. The number of hydrogen-bond donors (Lipinski definition) is 1. The van der Waals surface area contributed by atoms with E-state index in [1.54, 1.807) is 13.8 Å². The standard InChI is InChI=1S/C10H13F3N2O/c1-5(2)15-8-4-6(16)3-7(8)9(14-15)10(11,12)13/h5-6,16H,3-4H2,1-2H3. The molecule has 1 atom stereocenters. The second-order valence-electron chi connectivity index (χ2n) is 4.37. The van der Waals surface area contributed by atoms with Gasteiger partial charge in [-0.15, -0.1) is 0 Å². The Morgan fingerprint density at radius 2 is 2.00 bits per heavy atom. The molecule has 0 radical (unpaired) electrons. The first-order chi connectivity index (χ1) is 7.30. The van der Waals surface area contributed by atoms with Gasteiger partial charge in [0.25, 0.3) is 0 Å². The fourth-order valence-corrected chi connectivity index (χ4v) is 2.12. The fraction of sp³-hybridized carbons (Fsp3) is 0.700. The number of hydrogen-bond acceptors (Lipinski definition) is 2. The highest BCUT2D eigenvalue weighted by Gasteiger charge is 2.42. The van der Waals surface area contributed by atoms with Crippen LogP contribution in [0, 0.1) is 0 Å². The first-order valence-electron chi connectivity index (χ1n) is 5.16. The van der Waals surface area contributed by atoms with Gasteiger partial charge in [0.1, 0.15) is 0 Å². The Hall–Kier alpha value is -1.04. The largest absolute Gasteiger partial charge is 0.435 e. The van der Waals surface area contributed by atoms with Crippen LogP contribution in [0.15, 0.2) is 0 Å². The Kier molecular flexibility index (Phi) is 2.49. The van der Waals surface area contributed by atoms with E-state index >= 15 is 0 Å². The van der Waals surface area contributed by atoms with Gasteiger partial charge in [0.2, 0.25) is 0 Å². The summed E-state index contributed by atoms with van der Waals surface area (Å²) in [5.41, 5.74) is -0.156. The van der Waals surface area contributed by atoms with Gasteiger partial charge in [-0.05, 0) is 13.8 Å². The lowest BCUT2D eigenvalue weighted by Gasteiger charge is -2.10. The van der Waals surface area contributed by atoms with Gasteiger partial charge in [-0.1, -0.05) is 0 Å². The molecule has 1 unspecified atom stereocenters. The minimum absolute atomic E-state index is 0.0525. The van der Waals surface area contributed by atoms with Crippen LogP contribution in [0.4, 0.5) is 13.2 Å². The quantitative estimate of drug-likeness (QED) is 0.806. The molecular weight excluding hydrogens is 221 g/mol. The molecule has 1 aromatic rings. The van der Waals surface area contributed by atoms with Crippen LogP contribution in [0.5, 0.6) is 0 Å². The molecule has 0 saturated heterocycles. The molecule has 0 aliphatic heterocycles. The summed E-state index contributed by atoms with van der Waals surface area (Å²) < 4.78 is 39.4. The van der Waals surface area contributed by atoms with Crippen LogP contribution in [0.3, 0.4) is 0 Å². The van der Waals surface area contributed by atoms with E-state index in [9.17, 15) is 18.3 Å². The maximum absolute atomic E-state index is 12.7. The maximum Gasteiger partial charge on any atom is 0.435 e. The van der Waals surface area contributed by atoms with Gasteiger partial charge in [0, 0.05) is 30.1 Å². The van der Waals surface area contributed by atoms with Crippen LogP contribution in [-0.2, 0) is 19.0 Å². The van der Waals surface area contributed by atoms with Crippen LogP contribution in [-0.4, -0.2) is 21.0 Å². The molecule has 0 amide bonds. The number of aliphatic hydroxyl groups is 1. The van der Waals surface area contributed by atoms with Crippen molar-refractivity contribution in [3.05, 3.63) is 17.0 Å². The first kappa shape index (κ1) is 11.4. The normalized spacial score (nSPS) is 20.6. The topological polar surface area (TPSA) is 38.0 Å². The number of nitrogens with zero attached hydrogens (tertiary/aromatic N) is 2. The van der Waals surface area contributed by atoms with Gasteiger partial charge in [-0.2, -0.15) is 18.3 Å². The zero-order valence-corrected chi connectivity index (χ0v) is 9.04. The Morgan fingerprint density at radius 3 is 2.50 bits per heavy atom. The third-order valence-electron chi connectivity index (χ3n) is 2.74. The highest BCUT2D eigenvalue weighted by Crippen LogP contribution is 2.37. The predicted octanol–water partition coefficient (Wildman–Crippen LogP) is 1.94. The zero-order valence-electron chi connectivity index (χ0n) is 9.04. The summed E-state index contributed by atoms with van der Waals surface area (Å²) >= 11 is 0. The number of rotatable bonds is 1. The highest BCUT2D eigenvalue weighted by atomic mass is 19.4. The lowest BCUT2D eigenvalue weighted by atomic mass is 10.2. The monoisotopic (exact) mass is 234 g/mol. The van der Waals surface area contributed by atoms with Crippen molar-refractivity contribution in [3.8, 4) is 0 Å². The van der Waals surface area contributed by atoms with Crippen molar-refractivity contribution < 1.29 is 18.3 Å². The summed E-state index contributed by atoms with van der Waals surface area (Å²) in [6.45, 7) is 3.55. The average Bonchev–Trinajstić information content (AvgIpc) is 2.57. The van der Waals surface area contributed by atoms with Gasteiger partial charge >= 0.3 is 6.18 Å². The van der Waals surface area contributed by atoms with Gasteiger partial charge < -0.3 is 5.11 Å². The van der Waals surface area contributed by atoms with E-state index in [2.05, 4.69) is 5.10 Å². The Balaban J connectivity index is 2.54. The molecule has 1 heterocycles. The first-order valence-corrected chi connectivity index (χ1v) is 5.16. The minimum Gasteiger partial charge on any atom is -0.392 e. The van der Waals surface area contributed by atoms with Crippen molar-refractivity contribution in [3.63, 3.8) is 0 Å². The molecule has 3 nitrogen and oxygen atoms in total. The summed E-state index contributed by atoms with van der Waals surface area (Å²) in [6.07, 6.45) is -4.83. The van der Waals surface area contributed by atoms with E-state index < -0.39 is 18.0 Å². The fourth-order valence-electron chi connectivity index (χ4n) is 2.12. The predicted molar refractivity (Wildman–Crippen MR) is 51.0 cm³/mol. The molecule has 1 N–H and O–H groups in total. The minimum atomic E-state index is -4.44. The smallest absolute Gasteiger partial charge is 0.392 e. The van der Waals surface area contributed by atoms with Gasteiger partial charge in [-0.3, -0.25) is 4.68 Å². The molecule has 6 heteroatoms. The third-order valence-corrected chi connectivity index (χ3v) is 2.74. The maximum atomic E-state index is 12.7. The number of halogens is 3. The third kappa shape index (κ3) is 1.71. The summed E-state index contributed by atoms with van der Waals surface area (Å²) in [5, 5.41) is 13.0. The Labute approximate surface area is 90.9 Å². The van der Waals surface area contributed by atoms with E-state index in [0.29, 0.717) is 5.69 Å². The van der Waals surface area contributed by atoms with Crippen LogP contribution in [0.1, 0.15) is 36.8 Å². The van der Waals surface area contributed by atoms with E-state index in [1.165, 1.54) is 4.68 Å². The molecule has 1 aliphatic rings. The van der Waals surface area contributed by atoms with E-state index in [4.69, 9.17) is 0 Å². The van der Waals surface area contributed by atoms with Crippen LogP contribution < -0.4 is 0 Å². The molecule has 1 aromatic heterocycles. The summed E-state index contributed by atoms with van der Waals surface area (Å²) in [5.74, 6) is 0. The second kappa shape index (κ2) is 3.48. The van der Waals surface area contributed by atoms with Crippen molar-refractivity contribution in [1.29, 1.82) is 0 Å². The number of aliphatic hydroxyl groups excluding tert-OH is 1. The zero-order chi connectivity index (χ0) is 12.1. The van der Waals surface area contributed by atoms with Gasteiger partial charge in [0.05, 0.1) is 6.10 Å². The molecule has 0 aromatic carbocycles. The SMILES string of the molecule is CC(C)n1nc(C(F)(F)F)c2c1CC(O)C2. The molecule has 1 aliphatic carbocycles. The van der Waals surface area contributed by atoms with Crippen LogP contribution in [0.2, 0.25) is 0 Å². The summed E-state index contributed by atoms with van der Waals surface area (Å²) in [7, 11) is 0. The number of alkyl halides is 3. The number of aromatic nitrogens is 2. The van der Waals surface area contributed by atoms with Crippen molar-refractivity contribution >= 4 is 0 Å². The number of fused-ring (bicyclic) bond motifs is 1. The second-order valence-corrected chi connectivity index (χ2v) is 4.37. The van der Waals surface area contributed by atoms with Gasteiger partial charge in [0.15, 0.2) is 5.69 Å². The molecule has 0 bridgehead atoms. The van der Waals surface area contributed by atoms with Crippen molar-refractivity contribution in [2.75, 3.05) is 0 Å². The molecule has 90 valence electrons. The molecule has 2 rings (SSSR count). The van der Waals surface area contributed by atoms with E-state index in [1.807, 2.05) is 0 Å². The molecular formula is C10H13F3N2O. The lowest BCUT2D eigenvalue weighted by molar-refractivity contribution is -0.142. The summed E-state index contributed by atoms with van der Waals surface area (Å²) in [4.78, 5) is 0. The highest BCUT2D eigenvalue weighted by molar-refractivity contribution is 5.34. The van der Waals surface area contributed by atoms with Crippen molar-refractivity contribution in [2.24, 2.45) is 0 Å². The Bertz CT molecular complexity index is 409. The van der Waals surface area contributed by atoms with Crippen molar-refractivity contribution in [1.82, 2.24) is 9.78 Å².